The Morgan fingerprint density at radius 3 is 2.45 bits per heavy atom. The van der Waals surface area contributed by atoms with E-state index in [1.165, 1.54) is 0 Å². The number of ketones is 1. The summed E-state index contributed by atoms with van der Waals surface area (Å²) in [6.45, 7) is 2.08. The van der Waals surface area contributed by atoms with Crippen molar-refractivity contribution in [2.45, 2.75) is 25.7 Å². The van der Waals surface area contributed by atoms with E-state index < -0.39 is 0 Å². The average Bonchev–Trinajstić information content (AvgIpc) is 2.59. The summed E-state index contributed by atoms with van der Waals surface area (Å²) in [6, 6.07) is 9.21. The summed E-state index contributed by atoms with van der Waals surface area (Å²) in [5.74, 6) is 1.46. The number of Topliss-reactive ketones (excluding diaryl/α,β-unsaturated/α-hetero) is 1. The zero-order valence-corrected chi connectivity index (χ0v) is 13.2. The lowest BCUT2D eigenvalue weighted by molar-refractivity contribution is 0.0969. The van der Waals surface area contributed by atoms with E-state index in [0.29, 0.717) is 23.5 Å². The first kappa shape index (κ1) is 16.0. The van der Waals surface area contributed by atoms with Crippen molar-refractivity contribution in [1.29, 1.82) is 0 Å². The lowest BCUT2D eigenvalue weighted by atomic mass is 9.90. The van der Waals surface area contributed by atoms with Crippen LogP contribution in [-0.2, 0) is 0 Å². The van der Waals surface area contributed by atoms with E-state index in [4.69, 9.17) is 9.47 Å². The summed E-state index contributed by atoms with van der Waals surface area (Å²) < 4.78 is 10.5. The summed E-state index contributed by atoms with van der Waals surface area (Å²) in [5.41, 5.74) is 1.70. The number of aromatic nitrogens is 1. The number of ether oxygens (including phenoxy) is 2. The Kier molecular flexibility index (Phi) is 5.53. The van der Waals surface area contributed by atoms with E-state index in [0.717, 1.165) is 12.0 Å². The maximum absolute atomic E-state index is 12.7. The zero-order chi connectivity index (χ0) is 15.9. The minimum absolute atomic E-state index is 0.0550. The van der Waals surface area contributed by atoms with Crippen LogP contribution in [0.4, 0.5) is 0 Å². The third kappa shape index (κ3) is 3.64. The smallest absolute Gasteiger partial charge is 0.167 e. The SMILES string of the molecule is CCC(CC(=O)c1cc(OC)ccc1OC)c1ccncc1. The molecule has 2 rings (SSSR count). The van der Waals surface area contributed by atoms with E-state index in [9.17, 15) is 4.79 Å². The largest absolute Gasteiger partial charge is 0.497 e. The molecule has 1 unspecified atom stereocenters. The zero-order valence-electron chi connectivity index (χ0n) is 13.2. The second-order valence-corrected chi connectivity index (χ2v) is 5.08. The van der Waals surface area contributed by atoms with Crippen molar-refractivity contribution >= 4 is 5.78 Å². The molecule has 22 heavy (non-hydrogen) atoms. The second-order valence-electron chi connectivity index (χ2n) is 5.08. The van der Waals surface area contributed by atoms with Crippen LogP contribution in [0, 0.1) is 0 Å². The molecule has 0 N–H and O–H groups in total. The molecule has 0 aliphatic rings. The minimum Gasteiger partial charge on any atom is -0.497 e. The van der Waals surface area contributed by atoms with Crippen LogP contribution < -0.4 is 9.47 Å². The summed E-state index contributed by atoms with van der Waals surface area (Å²) in [5, 5.41) is 0. The maximum atomic E-state index is 12.7. The van der Waals surface area contributed by atoms with Crippen LogP contribution in [0.2, 0.25) is 0 Å². The molecule has 0 radical (unpaired) electrons. The summed E-state index contributed by atoms with van der Waals surface area (Å²) in [6.07, 6.45) is 4.84. The molecule has 4 nitrogen and oxygen atoms in total. The topological polar surface area (TPSA) is 48.4 Å². The van der Waals surface area contributed by atoms with E-state index in [-0.39, 0.29) is 11.7 Å². The van der Waals surface area contributed by atoms with Gasteiger partial charge in [0, 0.05) is 18.8 Å². The highest BCUT2D eigenvalue weighted by Gasteiger charge is 2.19. The normalized spacial score (nSPS) is 11.8. The number of hydrogen-bond acceptors (Lipinski definition) is 4. The molecule has 0 bridgehead atoms. The maximum Gasteiger partial charge on any atom is 0.167 e. The fraction of sp³-hybridized carbons (Fsp3) is 0.333. The Balaban J connectivity index is 2.24. The summed E-state index contributed by atoms with van der Waals surface area (Å²) in [4.78, 5) is 16.7. The van der Waals surface area contributed by atoms with Gasteiger partial charge in [-0.05, 0) is 48.2 Å². The second kappa shape index (κ2) is 7.59. The van der Waals surface area contributed by atoms with Gasteiger partial charge in [0.15, 0.2) is 5.78 Å². The van der Waals surface area contributed by atoms with E-state index in [1.54, 1.807) is 44.8 Å². The van der Waals surface area contributed by atoms with Gasteiger partial charge >= 0.3 is 0 Å². The van der Waals surface area contributed by atoms with Crippen molar-refractivity contribution in [1.82, 2.24) is 4.98 Å². The third-order valence-corrected chi connectivity index (χ3v) is 3.81. The fourth-order valence-corrected chi connectivity index (χ4v) is 2.50. The molecule has 0 saturated heterocycles. The van der Waals surface area contributed by atoms with E-state index in [2.05, 4.69) is 11.9 Å². The van der Waals surface area contributed by atoms with Crippen molar-refractivity contribution in [3.8, 4) is 11.5 Å². The van der Waals surface area contributed by atoms with Crippen molar-refractivity contribution in [3.05, 3.63) is 53.9 Å². The van der Waals surface area contributed by atoms with Gasteiger partial charge in [-0.25, -0.2) is 0 Å². The molecule has 0 aliphatic heterocycles. The molecule has 1 atom stereocenters. The molecule has 0 spiro atoms. The summed E-state index contributed by atoms with van der Waals surface area (Å²) in [7, 11) is 3.15. The van der Waals surface area contributed by atoms with Gasteiger partial charge in [0.2, 0.25) is 0 Å². The number of methoxy groups -OCH3 is 2. The molecular weight excluding hydrogens is 278 g/mol. The number of nitrogens with zero attached hydrogens (tertiary/aromatic N) is 1. The van der Waals surface area contributed by atoms with Gasteiger partial charge in [-0.15, -0.1) is 0 Å². The Morgan fingerprint density at radius 1 is 1.14 bits per heavy atom. The first-order chi connectivity index (χ1) is 10.7. The number of hydrogen-bond donors (Lipinski definition) is 0. The van der Waals surface area contributed by atoms with Crippen molar-refractivity contribution < 1.29 is 14.3 Å². The molecule has 4 heteroatoms. The number of benzene rings is 1. The summed E-state index contributed by atoms with van der Waals surface area (Å²) >= 11 is 0. The molecule has 1 aromatic carbocycles. The van der Waals surface area contributed by atoms with Crippen LogP contribution in [0.15, 0.2) is 42.7 Å². The molecular formula is C18H21NO3. The predicted octanol–water partition coefficient (Wildman–Crippen LogP) is 3.87. The molecule has 116 valence electrons. The highest BCUT2D eigenvalue weighted by molar-refractivity contribution is 5.99. The standard InChI is InChI=1S/C18H21NO3/c1-4-13(14-7-9-19-10-8-14)11-17(20)16-12-15(21-2)5-6-18(16)22-3/h5-10,12-13H,4,11H2,1-3H3. The number of pyridine rings is 1. The molecule has 1 heterocycles. The Hall–Kier alpha value is -2.36. The minimum atomic E-state index is 0.0550. The van der Waals surface area contributed by atoms with Gasteiger partial charge in [0.05, 0.1) is 19.8 Å². The lowest BCUT2D eigenvalue weighted by Gasteiger charge is -2.16. The Labute approximate surface area is 131 Å². The van der Waals surface area contributed by atoms with Crippen LogP contribution in [0.25, 0.3) is 0 Å². The van der Waals surface area contributed by atoms with Crippen molar-refractivity contribution in [3.63, 3.8) is 0 Å². The molecule has 0 amide bonds. The van der Waals surface area contributed by atoms with Gasteiger partial charge in [0.25, 0.3) is 0 Å². The molecule has 0 aliphatic carbocycles. The van der Waals surface area contributed by atoms with Gasteiger partial charge in [-0.3, -0.25) is 9.78 Å². The molecule has 0 fully saturated rings. The number of carbonyl (C=O) groups is 1. The van der Waals surface area contributed by atoms with Crippen LogP contribution >= 0.6 is 0 Å². The van der Waals surface area contributed by atoms with Crippen LogP contribution in [0.5, 0.6) is 11.5 Å². The molecule has 0 saturated carbocycles. The highest BCUT2D eigenvalue weighted by atomic mass is 16.5. The number of rotatable bonds is 7. The van der Waals surface area contributed by atoms with E-state index in [1.807, 2.05) is 12.1 Å². The average molecular weight is 299 g/mol. The van der Waals surface area contributed by atoms with Gasteiger partial charge in [-0.2, -0.15) is 0 Å². The molecule has 2 aromatic rings. The van der Waals surface area contributed by atoms with Crippen molar-refractivity contribution in [2.75, 3.05) is 14.2 Å². The fourth-order valence-electron chi connectivity index (χ4n) is 2.50. The highest BCUT2D eigenvalue weighted by Crippen LogP contribution is 2.29. The van der Waals surface area contributed by atoms with E-state index >= 15 is 0 Å². The van der Waals surface area contributed by atoms with Gasteiger partial charge in [-0.1, -0.05) is 6.92 Å². The lowest BCUT2D eigenvalue weighted by Crippen LogP contribution is -2.09. The van der Waals surface area contributed by atoms with Crippen molar-refractivity contribution in [2.24, 2.45) is 0 Å². The first-order valence-electron chi connectivity index (χ1n) is 7.34. The van der Waals surface area contributed by atoms with Gasteiger partial charge < -0.3 is 9.47 Å². The number of carbonyl (C=O) groups excluding carboxylic acids is 1. The van der Waals surface area contributed by atoms with Crippen LogP contribution in [-0.4, -0.2) is 25.0 Å². The Bertz CT molecular complexity index is 625. The monoisotopic (exact) mass is 299 g/mol. The molecule has 1 aromatic heterocycles. The Morgan fingerprint density at radius 2 is 1.86 bits per heavy atom. The predicted molar refractivity (Wildman–Crippen MR) is 85.8 cm³/mol. The third-order valence-electron chi connectivity index (χ3n) is 3.81. The van der Waals surface area contributed by atoms with Crippen LogP contribution in [0.3, 0.4) is 0 Å². The van der Waals surface area contributed by atoms with Crippen LogP contribution in [0.1, 0.15) is 41.6 Å². The quantitative estimate of drug-likeness (QED) is 0.728. The first-order valence-corrected chi connectivity index (χ1v) is 7.34. The van der Waals surface area contributed by atoms with Gasteiger partial charge in [0.1, 0.15) is 11.5 Å².